The van der Waals surface area contributed by atoms with Crippen LogP contribution in [0.5, 0.6) is 0 Å². The van der Waals surface area contributed by atoms with Gasteiger partial charge in [-0.3, -0.25) is 9.59 Å². The fraction of sp³-hybridized carbons (Fsp3) is 0.833. The van der Waals surface area contributed by atoms with Crippen molar-refractivity contribution in [2.45, 2.75) is 44.9 Å². The van der Waals surface area contributed by atoms with Crippen LogP contribution in [0.25, 0.3) is 0 Å². The molecule has 3 fully saturated rings. The number of amides is 4. The summed E-state index contributed by atoms with van der Waals surface area (Å²) < 4.78 is 0. The van der Waals surface area contributed by atoms with Gasteiger partial charge in [-0.05, 0) is 25.2 Å². The molecule has 0 aromatic carbocycles. The van der Waals surface area contributed by atoms with Crippen molar-refractivity contribution >= 4 is 17.8 Å². The highest BCUT2D eigenvalue weighted by molar-refractivity contribution is 5.84. The van der Waals surface area contributed by atoms with E-state index in [4.69, 9.17) is 0 Å². The van der Waals surface area contributed by atoms with E-state index < -0.39 is 0 Å². The highest BCUT2D eigenvalue weighted by Gasteiger charge is 2.31. The lowest BCUT2D eigenvalue weighted by molar-refractivity contribution is -0.139. The highest BCUT2D eigenvalue weighted by Crippen LogP contribution is 2.27. The molecule has 3 rings (SSSR count). The first-order valence-corrected chi connectivity index (χ1v) is 9.72. The molecule has 2 N–H and O–H groups in total. The quantitative estimate of drug-likeness (QED) is 0.748. The molecule has 1 aliphatic carbocycles. The largest absolute Gasteiger partial charge is 0.354 e. The maximum atomic E-state index is 12.4. The van der Waals surface area contributed by atoms with Crippen molar-refractivity contribution in [3.05, 3.63) is 0 Å². The topological polar surface area (TPSA) is 81.8 Å². The van der Waals surface area contributed by atoms with E-state index >= 15 is 0 Å². The zero-order valence-electron chi connectivity index (χ0n) is 15.0. The molecule has 2 saturated heterocycles. The first kappa shape index (κ1) is 18.0. The summed E-state index contributed by atoms with van der Waals surface area (Å²) in [5.74, 6) is 0.700. The van der Waals surface area contributed by atoms with Crippen molar-refractivity contribution in [3.63, 3.8) is 0 Å². The van der Waals surface area contributed by atoms with Gasteiger partial charge in [0.05, 0.1) is 5.92 Å². The first-order valence-electron chi connectivity index (χ1n) is 9.72. The Bertz CT molecular complexity index is 505. The van der Waals surface area contributed by atoms with E-state index in [0.29, 0.717) is 51.5 Å². The number of hydrogen-bond donors (Lipinski definition) is 2. The van der Waals surface area contributed by atoms with E-state index in [0.717, 1.165) is 6.54 Å². The van der Waals surface area contributed by atoms with Crippen molar-refractivity contribution in [1.82, 2.24) is 20.4 Å². The number of nitrogens with zero attached hydrogens (tertiary/aromatic N) is 2. The SMILES string of the molecule is O=C(NCCN1CCNC1=O)C1CCC(=O)N(CC2CCCCC2)C1. The molecule has 0 aromatic rings. The first-order chi connectivity index (χ1) is 12.1. The standard InChI is InChI=1S/C18H30N4O3/c23-16-7-6-15(13-22(16)12-14-4-2-1-3-5-14)17(24)19-8-10-21-11-9-20-18(21)25/h14-15H,1-13H2,(H,19,24)(H,20,25). The summed E-state index contributed by atoms with van der Waals surface area (Å²) in [4.78, 5) is 39.7. The smallest absolute Gasteiger partial charge is 0.317 e. The Hall–Kier alpha value is -1.79. The second-order valence-electron chi connectivity index (χ2n) is 7.55. The van der Waals surface area contributed by atoms with Crippen LogP contribution in [0, 0.1) is 11.8 Å². The third-order valence-electron chi connectivity index (χ3n) is 5.70. The molecule has 25 heavy (non-hydrogen) atoms. The monoisotopic (exact) mass is 350 g/mol. The van der Waals surface area contributed by atoms with Crippen LogP contribution in [0.15, 0.2) is 0 Å². The van der Waals surface area contributed by atoms with Gasteiger partial charge in [0.25, 0.3) is 0 Å². The number of urea groups is 1. The van der Waals surface area contributed by atoms with Gasteiger partial charge in [0.1, 0.15) is 0 Å². The lowest BCUT2D eigenvalue weighted by atomic mass is 9.87. The normalized spacial score (nSPS) is 25.2. The average molecular weight is 350 g/mol. The zero-order chi connectivity index (χ0) is 17.6. The number of hydrogen-bond acceptors (Lipinski definition) is 3. The molecule has 3 aliphatic rings. The number of piperidine rings is 1. The van der Waals surface area contributed by atoms with E-state index in [-0.39, 0.29) is 23.8 Å². The summed E-state index contributed by atoms with van der Waals surface area (Å²) in [6.45, 7) is 3.74. The molecule has 1 unspecified atom stereocenters. The van der Waals surface area contributed by atoms with Crippen molar-refractivity contribution in [1.29, 1.82) is 0 Å². The van der Waals surface area contributed by atoms with Crippen molar-refractivity contribution in [2.24, 2.45) is 11.8 Å². The minimum Gasteiger partial charge on any atom is -0.354 e. The van der Waals surface area contributed by atoms with Crippen molar-refractivity contribution in [3.8, 4) is 0 Å². The van der Waals surface area contributed by atoms with Crippen LogP contribution in [0.4, 0.5) is 4.79 Å². The van der Waals surface area contributed by atoms with Gasteiger partial charge in [-0.25, -0.2) is 4.79 Å². The average Bonchev–Trinajstić information content (AvgIpc) is 3.03. The molecule has 7 heteroatoms. The van der Waals surface area contributed by atoms with Gasteiger partial charge in [0.15, 0.2) is 0 Å². The van der Waals surface area contributed by atoms with Crippen LogP contribution >= 0.6 is 0 Å². The summed E-state index contributed by atoms with van der Waals surface area (Å²) in [5, 5.41) is 5.69. The van der Waals surface area contributed by atoms with Gasteiger partial charge < -0.3 is 20.4 Å². The summed E-state index contributed by atoms with van der Waals surface area (Å²) in [7, 11) is 0. The maximum Gasteiger partial charge on any atom is 0.317 e. The lowest BCUT2D eigenvalue weighted by Gasteiger charge is -2.35. The fourth-order valence-corrected chi connectivity index (χ4v) is 4.17. The van der Waals surface area contributed by atoms with Gasteiger partial charge in [-0.2, -0.15) is 0 Å². The summed E-state index contributed by atoms with van der Waals surface area (Å²) in [5.41, 5.74) is 0. The predicted molar refractivity (Wildman–Crippen MR) is 93.9 cm³/mol. The van der Waals surface area contributed by atoms with Crippen LogP contribution < -0.4 is 10.6 Å². The molecule has 0 spiro atoms. The molecule has 1 atom stereocenters. The van der Waals surface area contributed by atoms with Crippen LogP contribution in [-0.2, 0) is 9.59 Å². The number of likely N-dealkylation sites (tertiary alicyclic amines) is 1. The molecule has 2 aliphatic heterocycles. The van der Waals surface area contributed by atoms with Crippen molar-refractivity contribution in [2.75, 3.05) is 39.3 Å². The molecule has 0 radical (unpaired) electrons. The predicted octanol–water partition coefficient (Wildman–Crippen LogP) is 0.947. The zero-order valence-corrected chi connectivity index (χ0v) is 15.0. The Morgan fingerprint density at radius 2 is 1.92 bits per heavy atom. The number of nitrogens with one attached hydrogen (secondary N) is 2. The summed E-state index contributed by atoms with van der Waals surface area (Å²) in [6, 6.07) is -0.0591. The Morgan fingerprint density at radius 3 is 2.64 bits per heavy atom. The molecular formula is C18H30N4O3. The van der Waals surface area contributed by atoms with E-state index in [1.807, 2.05) is 4.90 Å². The van der Waals surface area contributed by atoms with Crippen LogP contribution in [0.3, 0.4) is 0 Å². The number of carbonyl (C=O) groups excluding carboxylic acids is 3. The van der Waals surface area contributed by atoms with E-state index in [1.165, 1.54) is 32.1 Å². The van der Waals surface area contributed by atoms with Gasteiger partial charge in [-0.15, -0.1) is 0 Å². The van der Waals surface area contributed by atoms with E-state index in [9.17, 15) is 14.4 Å². The third-order valence-corrected chi connectivity index (χ3v) is 5.70. The minimum absolute atomic E-state index is 0.0146. The molecular weight excluding hydrogens is 320 g/mol. The summed E-state index contributed by atoms with van der Waals surface area (Å²) >= 11 is 0. The molecule has 0 bridgehead atoms. The van der Waals surface area contributed by atoms with Gasteiger partial charge in [-0.1, -0.05) is 19.3 Å². The second-order valence-corrected chi connectivity index (χ2v) is 7.55. The van der Waals surface area contributed by atoms with Gasteiger partial charge >= 0.3 is 6.03 Å². The lowest BCUT2D eigenvalue weighted by Crippen LogP contribution is -2.48. The molecule has 7 nitrogen and oxygen atoms in total. The van der Waals surface area contributed by atoms with Gasteiger partial charge in [0.2, 0.25) is 11.8 Å². The van der Waals surface area contributed by atoms with Gasteiger partial charge in [0, 0.05) is 45.7 Å². The van der Waals surface area contributed by atoms with Crippen LogP contribution in [-0.4, -0.2) is 66.9 Å². The van der Waals surface area contributed by atoms with E-state index in [2.05, 4.69) is 10.6 Å². The Balaban J connectivity index is 1.42. The molecule has 0 aromatic heterocycles. The molecule has 140 valence electrons. The Labute approximate surface area is 149 Å². The molecule has 2 heterocycles. The molecule has 1 saturated carbocycles. The Morgan fingerprint density at radius 1 is 1.12 bits per heavy atom. The fourth-order valence-electron chi connectivity index (χ4n) is 4.17. The third kappa shape index (κ3) is 4.86. The minimum atomic E-state index is -0.117. The second kappa shape index (κ2) is 8.54. The van der Waals surface area contributed by atoms with E-state index in [1.54, 1.807) is 4.90 Å². The van der Waals surface area contributed by atoms with Crippen LogP contribution in [0.2, 0.25) is 0 Å². The Kier molecular flexibility index (Phi) is 6.15. The highest BCUT2D eigenvalue weighted by atomic mass is 16.2. The van der Waals surface area contributed by atoms with Crippen molar-refractivity contribution < 1.29 is 14.4 Å². The maximum absolute atomic E-state index is 12.4. The van der Waals surface area contributed by atoms with Crippen LogP contribution in [0.1, 0.15) is 44.9 Å². The molecule has 4 amide bonds. The number of rotatable bonds is 6. The summed E-state index contributed by atoms with van der Waals surface area (Å²) in [6.07, 6.45) is 7.36. The number of carbonyl (C=O) groups is 3.